The summed E-state index contributed by atoms with van der Waals surface area (Å²) in [6, 6.07) is 20.6. The van der Waals surface area contributed by atoms with E-state index in [1.165, 1.54) is 29.2 Å². The predicted octanol–water partition coefficient (Wildman–Crippen LogP) is 5.27. The Labute approximate surface area is 241 Å². The number of nitrogens with zero attached hydrogens (tertiary/aromatic N) is 2. The molecule has 10 heteroatoms. The van der Waals surface area contributed by atoms with Gasteiger partial charge in [0.15, 0.2) is 0 Å². The van der Waals surface area contributed by atoms with E-state index < -0.39 is 28.5 Å². The number of hydrogen-bond acceptors (Lipinski definition) is 5. The largest absolute Gasteiger partial charge is 0.494 e. The number of carbonyl (C=O) groups is 2. The van der Waals surface area contributed by atoms with Gasteiger partial charge in [0.2, 0.25) is 11.8 Å². The molecule has 0 bridgehead atoms. The molecule has 0 aliphatic carbocycles. The molecule has 0 aliphatic rings. The molecule has 3 aromatic carbocycles. The molecule has 0 fully saturated rings. The molecule has 0 aromatic heterocycles. The summed E-state index contributed by atoms with van der Waals surface area (Å²) in [6.07, 6.45) is 0.732. The van der Waals surface area contributed by atoms with Crippen LogP contribution in [0.1, 0.15) is 39.7 Å². The standard InChI is InChI=1S/C30H36ClN3O5S/c1-5-22(3)32-30(36)23(4)33(20-24-10-8-7-9-11-24)29(35)21-34(26-14-16-27(17-15-26)39-6-2)40(37,38)28-18-12-25(31)13-19-28/h7-19,22-23H,5-6,20-21H2,1-4H3,(H,32,36)/t22-,23+/m1/s1. The van der Waals surface area contributed by atoms with Crippen molar-refractivity contribution in [2.45, 2.75) is 57.6 Å². The second kappa shape index (κ2) is 14.2. The van der Waals surface area contributed by atoms with Gasteiger partial charge >= 0.3 is 0 Å². The first-order valence-electron chi connectivity index (χ1n) is 13.2. The first-order valence-corrected chi connectivity index (χ1v) is 15.0. The normalized spacial score (nSPS) is 12.7. The molecular weight excluding hydrogens is 550 g/mol. The van der Waals surface area contributed by atoms with E-state index in [1.54, 1.807) is 31.2 Å². The highest BCUT2D eigenvalue weighted by Gasteiger charge is 2.32. The van der Waals surface area contributed by atoms with E-state index in [0.717, 1.165) is 16.3 Å². The van der Waals surface area contributed by atoms with Crippen LogP contribution in [0, 0.1) is 0 Å². The van der Waals surface area contributed by atoms with Crippen LogP contribution in [-0.2, 0) is 26.2 Å². The van der Waals surface area contributed by atoms with Crippen molar-refractivity contribution in [3.8, 4) is 5.75 Å². The van der Waals surface area contributed by atoms with Gasteiger partial charge in [-0.1, -0.05) is 48.9 Å². The Morgan fingerprint density at radius 2 is 1.55 bits per heavy atom. The lowest BCUT2D eigenvalue weighted by Crippen LogP contribution is -2.52. The van der Waals surface area contributed by atoms with Crippen LogP contribution in [0.25, 0.3) is 0 Å². The maximum atomic E-state index is 13.9. The Hall–Kier alpha value is -3.56. The Morgan fingerprint density at radius 3 is 2.12 bits per heavy atom. The van der Waals surface area contributed by atoms with Gasteiger partial charge in [0.1, 0.15) is 18.3 Å². The van der Waals surface area contributed by atoms with E-state index in [-0.39, 0.29) is 29.1 Å². The number of benzene rings is 3. The van der Waals surface area contributed by atoms with Gasteiger partial charge in [-0.05, 0) is 81.3 Å². The van der Waals surface area contributed by atoms with Crippen molar-refractivity contribution < 1.29 is 22.7 Å². The maximum absolute atomic E-state index is 13.9. The van der Waals surface area contributed by atoms with Crippen LogP contribution >= 0.6 is 11.6 Å². The molecule has 214 valence electrons. The molecular formula is C30H36ClN3O5S. The van der Waals surface area contributed by atoms with E-state index in [2.05, 4.69) is 5.32 Å². The van der Waals surface area contributed by atoms with Crippen molar-refractivity contribution in [2.24, 2.45) is 0 Å². The second-order valence-corrected chi connectivity index (χ2v) is 11.7. The van der Waals surface area contributed by atoms with Crippen LogP contribution in [0.15, 0.2) is 83.8 Å². The Balaban J connectivity index is 2.01. The molecule has 3 aromatic rings. The molecule has 8 nitrogen and oxygen atoms in total. The fraction of sp³-hybridized carbons (Fsp3) is 0.333. The number of rotatable bonds is 13. The number of anilines is 1. The van der Waals surface area contributed by atoms with Gasteiger partial charge in [0.05, 0.1) is 17.2 Å². The summed E-state index contributed by atoms with van der Waals surface area (Å²) in [6.45, 7) is 7.41. The van der Waals surface area contributed by atoms with E-state index >= 15 is 0 Å². The lowest BCUT2D eigenvalue weighted by Gasteiger charge is -2.32. The molecule has 0 unspecified atom stereocenters. The molecule has 2 amide bonds. The van der Waals surface area contributed by atoms with Crippen LogP contribution in [-0.4, -0.2) is 50.4 Å². The molecule has 0 saturated carbocycles. The fourth-order valence-corrected chi connectivity index (χ4v) is 5.51. The molecule has 0 heterocycles. The van der Waals surface area contributed by atoms with Crippen LogP contribution in [0.3, 0.4) is 0 Å². The Bertz CT molecular complexity index is 1370. The highest BCUT2D eigenvalue weighted by atomic mass is 35.5. The number of amides is 2. The minimum absolute atomic E-state index is 0.0178. The minimum atomic E-state index is -4.18. The van der Waals surface area contributed by atoms with Crippen LogP contribution in [0.5, 0.6) is 5.75 Å². The van der Waals surface area contributed by atoms with Gasteiger partial charge < -0.3 is 15.0 Å². The van der Waals surface area contributed by atoms with E-state index in [9.17, 15) is 18.0 Å². The monoisotopic (exact) mass is 585 g/mol. The quantitative estimate of drug-likeness (QED) is 0.295. The molecule has 40 heavy (non-hydrogen) atoms. The lowest BCUT2D eigenvalue weighted by atomic mass is 10.1. The van der Waals surface area contributed by atoms with Gasteiger partial charge in [-0.2, -0.15) is 0 Å². The number of halogens is 1. The number of carbonyl (C=O) groups excluding carboxylic acids is 2. The van der Waals surface area contributed by atoms with Gasteiger partial charge in [-0.15, -0.1) is 0 Å². The molecule has 3 rings (SSSR count). The van der Waals surface area contributed by atoms with Gasteiger partial charge in [0.25, 0.3) is 10.0 Å². The third-order valence-electron chi connectivity index (χ3n) is 6.48. The SMILES string of the molecule is CCOc1ccc(N(CC(=O)N(Cc2ccccc2)[C@@H](C)C(=O)N[C@H](C)CC)S(=O)(=O)c2ccc(Cl)cc2)cc1. The lowest BCUT2D eigenvalue weighted by molar-refractivity contribution is -0.139. The Kier molecular flexibility index (Phi) is 11.0. The van der Waals surface area contributed by atoms with Gasteiger partial charge in [-0.25, -0.2) is 8.42 Å². The van der Waals surface area contributed by atoms with Crippen molar-refractivity contribution in [1.29, 1.82) is 0 Å². The van der Waals surface area contributed by atoms with Gasteiger partial charge in [-0.3, -0.25) is 13.9 Å². The maximum Gasteiger partial charge on any atom is 0.264 e. The van der Waals surface area contributed by atoms with E-state index in [0.29, 0.717) is 17.4 Å². The van der Waals surface area contributed by atoms with Crippen LogP contribution < -0.4 is 14.4 Å². The zero-order chi connectivity index (χ0) is 29.3. The second-order valence-electron chi connectivity index (χ2n) is 9.39. The minimum Gasteiger partial charge on any atom is -0.494 e. The van der Waals surface area contributed by atoms with Crippen molar-refractivity contribution in [3.63, 3.8) is 0 Å². The van der Waals surface area contributed by atoms with Crippen LogP contribution in [0.2, 0.25) is 5.02 Å². The predicted molar refractivity (Wildman–Crippen MR) is 158 cm³/mol. The summed E-state index contributed by atoms with van der Waals surface area (Å²) in [5.41, 5.74) is 1.09. The van der Waals surface area contributed by atoms with Gasteiger partial charge in [0, 0.05) is 17.6 Å². The average molecular weight is 586 g/mol. The summed E-state index contributed by atoms with van der Waals surface area (Å²) >= 11 is 6.00. The highest BCUT2D eigenvalue weighted by Crippen LogP contribution is 2.27. The van der Waals surface area contributed by atoms with E-state index in [1.807, 2.05) is 51.1 Å². The first kappa shape index (κ1) is 31.0. The summed E-state index contributed by atoms with van der Waals surface area (Å²) in [5.74, 6) is -0.267. The van der Waals surface area contributed by atoms with E-state index in [4.69, 9.17) is 16.3 Å². The van der Waals surface area contributed by atoms with Crippen molar-refractivity contribution in [1.82, 2.24) is 10.2 Å². The fourth-order valence-electron chi connectivity index (χ4n) is 3.97. The summed E-state index contributed by atoms with van der Waals surface area (Å²) in [5, 5.41) is 3.31. The topological polar surface area (TPSA) is 96.0 Å². The highest BCUT2D eigenvalue weighted by molar-refractivity contribution is 7.92. The molecule has 0 spiro atoms. The Morgan fingerprint density at radius 1 is 0.925 bits per heavy atom. The third kappa shape index (κ3) is 7.99. The zero-order valence-corrected chi connectivity index (χ0v) is 24.8. The number of ether oxygens (including phenoxy) is 1. The molecule has 2 atom stereocenters. The van der Waals surface area contributed by atoms with Crippen molar-refractivity contribution >= 4 is 39.1 Å². The summed E-state index contributed by atoms with van der Waals surface area (Å²) < 4.78 is 34.3. The molecule has 0 saturated heterocycles. The van der Waals surface area contributed by atoms with Crippen molar-refractivity contribution in [2.75, 3.05) is 17.5 Å². The van der Waals surface area contributed by atoms with Crippen molar-refractivity contribution in [3.05, 3.63) is 89.4 Å². The third-order valence-corrected chi connectivity index (χ3v) is 8.52. The summed E-state index contributed by atoms with van der Waals surface area (Å²) in [7, 11) is -4.18. The number of sulfonamides is 1. The summed E-state index contributed by atoms with van der Waals surface area (Å²) in [4.78, 5) is 28.4. The molecule has 0 aliphatic heterocycles. The zero-order valence-electron chi connectivity index (χ0n) is 23.2. The number of hydrogen-bond donors (Lipinski definition) is 1. The average Bonchev–Trinajstić information content (AvgIpc) is 2.95. The molecule has 0 radical (unpaired) electrons. The smallest absolute Gasteiger partial charge is 0.264 e. The van der Waals surface area contributed by atoms with Crippen LogP contribution in [0.4, 0.5) is 5.69 Å². The first-order chi connectivity index (χ1) is 19.1. The molecule has 1 N–H and O–H groups in total. The number of nitrogens with one attached hydrogen (secondary N) is 1.